The minimum Gasteiger partial charge on any atom is -0.381 e. The molecule has 3 aliphatic rings. The summed E-state index contributed by atoms with van der Waals surface area (Å²) in [5, 5.41) is 3.55. The van der Waals surface area contributed by atoms with Gasteiger partial charge in [-0.1, -0.05) is 24.3 Å². The quantitative estimate of drug-likeness (QED) is 0.340. The number of likely N-dealkylation sites (tertiary alicyclic amines) is 2. The topological polar surface area (TPSA) is 83.2 Å². The number of nitrogens with one attached hydrogen (secondary N) is 1. The third-order valence-electron chi connectivity index (χ3n) is 6.89. The summed E-state index contributed by atoms with van der Waals surface area (Å²) in [5.41, 5.74) is 8.37. The molecule has 0 aliphatic carbocycles. The Bertz CT molecular complexity index is 781. The fourth-order valence-electron chi connectivity index (χ4n) is 5.13. The van der Waals surface area contributed by atoms with Gasteiger partial charge in [-0.15, -0.1) is 24.0 Å². The number of ether oxygens (including phenoxy) is 1. The standard InChI is InChI=1S/C23H35N5O2.HI/c1-25-22(28-10-7-23(16-28)8-11-30-17-23)26-13-18-4-2-5-19(12-18)14-27-9-3-6-20(15-27)21(24)29;/h2,4-5,12,20H,3,6-11,13-17H2,1H3,(H2,24,29)(H,25,26);1H. The molecule has 1 aromatic carbocycles. The molecule has 3 fully saturated rings. The van der Waals surface area contributed by atoms with Crippen LogP contribution in [0.1, 0.15) is 36.8 Å². The Morgan fingerprint density at radius 3 is 2.90 bits per heavy atom. The number of halogens is 1. The van der Waals surface area contributed by atoms with Gasteiger partial charge in [-0.25, -0.2) is 0 Å². The normalized spacial score (nSPS) is 26.8. The van der Waals surface area contributed by atoms with Gasteiger partial charge in [0.25, 0.3) is 0 Å². The number of piperidine rings is 1. The second kappa shape index (κ2) is 11.0. The van der Waals surface area contributed by atoms with Crippen molar-refractivity contribution in [1.82, 2.24) is 15.1 Å². The van der Waals surface area contributed by atoms with Crippen molar-refractivity contribution in [1.29, 1.82) is 0 Å². The maximum Gasteiger partial charge on any atom is 0.221 e. The number of primary amides is 1. The molecule has 172 valence electrons. The summed E-state index contributed by atoms with van der Waals surface area (Å²) in [7, 11) is 1.86. The number of nitrogens with two attached hydrogens (primary N) is 1. The lowest BCUT2D eigenvalue weighted by molar-refractivity contribution is -0.123. The van der Waals surface area contributed by atoms with Crippen molar-refractivity contribution in [3.63, 3.8) is 0 Å². The van der Waals surface area contributed by atoms with Crippen LogP contribution in [0, 0.1) is 11.3 Å². The van der Waals surface area contributed by atoms with E-state index in [9.17, 15) is 4.79 Å². The van der Waals surface area contributed by atoms with Crippen molar-refractivity contribution in [3.05, 3.63) is 35.4 Å². The molecule has 2 atom stereocenters. The molecule has 8 heteroatoms. The Labute approximate surface area is 202 Å². The first-order chi connectivity index (χ1) is 14.6. The summed E-state index contributed by atoms with van der Waals surface area (Å²) in [6.07, 6.45) is 4.30. The van der Waals surface area contributed by atoms with Gasteiger partial charge in [-0.2, -0.15) is 0 Å². The third kappa shape index (κ3) is 6.10. The average molecular weight is 541 g/mol. The number of benzene rings is 1. The molecule has 0 bridgehead atoms. The number of nitrogens with zero attached hydrogens (tertiary/aromatic N) is 3. The van der Waals surface area contributed by atoms with E-state index in [-0.39, 0.29) is 35.8 Å². The Morgan fingerprint density at radius 1 is 1.32 bits per heavy atom. The van der Waals surface area contributed by atoms with Crippen LogP contribution in [0.5, 0.6) is 0 Å². The van der Waals surface area contributed by atoms with E-state index in [1.807, 2.05) is 7.05 Å². The van der Waals surface area contributed by atoms with Crippen LogP contribution in [-0.2, 0) is 22.6 Å². The lowest BCUT2D eigenvalue weighted by atomic mass is 9.87. The zero-order valence-electron chi connectivity index (χ0n) is 18.5. The second-order valence-corrected chi connectivity index (χ2v) is 9.17. The SMILES string of the molecule is CN=C(NCc1cccc(CN2CCCC(C(N)=O)C2)c1)N1CCC2(CCOC2)C1.I. The van der Waals surface area contributed by atoms with Crippen LogP contribution in [0.2, 0.25) is 0 Å². The van der Waals surface area contributed by atoms with Gasteiger partial charge >= 0.3 is 0 Å². The lowest BCUT2D eigenvalue weighted by Crippen LogP contribution is -2.41. The molecule has 31 heavy (non-hydrogen) atoms. The predicted octanol–water partition coefficient (Wildman–Crippen LogP) is 2.19. The van der Waals surface area contributed by atoms with E-state index in [0.717, 1.165) is 77.7 Å². The molecule has 3 saturated heterocycles. The van der Waals surface area contributed by atoms with Crippen molar-refractivity contribution in [2.45, 2.75) is 38.8 Å². The number of amides is 1. The maximum atomic E-state index is 11.5. The van der Waals surface area contributed by atoms with E-state index in [2.05, 4.69) is 44.4 Å². The van der Waals surface area contributed by atoms with Gasteiger partial charge in [0, 0.05) is 51.8 Å². The fourth-order valence-corrected chi connectivity index (χ4v) is 5.13. The molecule has 1 amide bonds. The molecule has 7 nitrogen and oxygen atoms in total. The number of guanidine groups is 1. The molecule has 3 N–H and O–H groups in total. The van der Waals surface area contributed by atoms with E-state index in [4.69, 9.17) is 10.5 Å². The zero-order chi connectivity index (χ0) is 21.0. The van der Waals surface area contributed by atoms with Crippen molar-refractivity contribution >= 4 is 35.8 Å². The van der Waals surface area contributed by atoms with Crippen LogP contribution in [0.25, 0.3) is 0 Å². The Balaban J connectivity index is 0.00000272. The Hall–Kier alpha value is -1.39. The fraction of sp³-hybridized carbons (Fsp3) is 0.652. The largest absolute Gasteiger partial charge is 0.381 e. The smallest absolute Gasteiger partial charge is 0.221 e. The van der Waals surface area contributed by atoms with Gasteiger partial charge in [-0.05, 0) is 43.4 Å². The summed E-state index contributed by atoms with van der Waals surface area (Å²) in [4.78, 5) is 20.8. The van der Waals surface area contributed by atoms with Crippen molar-refractivity contribution in [2.75, 3.05) is 46.4 Å². The molecule has 0 saturated carbocycles. The molecular weight excluding hydrogens is 505 g/mol. The third-order valence-corrected chi connectivity index (χ3v) is 6.89. The van der Waals surface area contributed by atoms with Crippen LogP contribution < -0.4 is 11.1 Å². The first-order valence-electron chi connectivity index (χ1n) is 11.2. The van der Waals surface area contributed by atoms with Crippen LogP contribution in [0.3, 0.4) is 0 Å². The molecule has 4 rings (SSSR count). The van der Waals surface area contributed by atoms with Gasteiger partial charge in [0.1, 0.15) is 0 Å². The molecule has 0 radical (unpaired) electrons. The van der Waals surface area contributed by atoms with E-state index < -0.39 is 0 Å². The average Bonchev–Trinajstić information content (AvgIpc) is 3.39. The summed E-state index contributed by atoms with van der Waals surface area (Å²) < 4.78 is 5.65. The van der Waals surface area contributed by atoms with Crippen molar-refractivity contribution < 1.29 is 9.53 Å². The molecule has 0 aromatic heterocycles. The van der Waals surface area contributed by atoms with Gasteiger partial charge < -0.3 is 20.7 Å². The number of hydrogen-bond acceptors (Lipinski definition) is 4. The number of carbonyl (C=O) groups is 1. The van der Waals surface area contributed by atoms with Crippen LogP contribution in [0.4, 0.5) is 0 Å². The van der Waals surface area contributed by atoms with Gasteiger partial charge in [-0.3, -0.25) is 14.7 Å². The number of carbonyl (C=O) groups excluding carboxylic acids is 1. The van der Waals surface area contributed by atoms with E-state index >= 15 is 0 Å². The molecule has 2 unspecified atom stereocenters. The van der Waals surface area contributed by atoms with E-state index in [1.54, 1.807) is 0 Å². The summed E-state index contributed by atoms with van der Waals surface area (Å²) in [6, 6.07) is 8.69. The predicted molar refractivity (Wildman–Crippen MR) is 133 cm³/mol. The highest BCUT2D eigenvalue weighted by atomic mass is 127. The van der Waals surface area contributed by atoms with Crippen molar-refractivity contribution in [3.8, 4) is 0 Å². The van der Waals surface area contributed by atoms with Crippen molar-refractivity contribution in [2.24, 2.45) is 22.1 Å². The highest BCUT2D eigenvalue weighted by Gasteiger charge is 2.42. The zero-order valence-corrected chi connectivity index (χ0v) is 20.8. The second-order valence-electron chi connectivity index (χ2n) is 9.17. The molecule has 3 heterocycles. The highest BCUT2D eigenvalue weighted by Crippen LogP contribution is 2.38. The lowest BCUT2D eigenvalue weighted by Gasteiger charge is -2.31. The van der Waals surface area contributed by atoms with Crippen LogP contribution in [-0.4, -0.2) is 68.1 Å². The molecular formula is C23H36IN5O2. The molecule has 1 spiro atoms. The minimum atomic E-state index is -0.170. The van der Waals surface area contributed by atoms with Crippen LogP contribution in [0.15, 0.2) is 29.3 Å². The van der Waals surface area contributed by atoms with E-state index in [0.29, 0.717) is 5.41 Å². The van der Waals surface area contributed by atoms with Gasteiger partial charge in [0.05, 0.1) is 12.5 Å². The first-order valence-corrected chi connectivity index (χ1v) is 11.2. The molecule has 1 aromatic rings. The number of aliphatic imine (C=N–C) groups is 1. The number of hydrogen-bond donors (Lipinski definition) is 2. The van der Waals surface area contributed by atoms with Gasteiger partial charge in [0.2, 0.25) is 5.91 Å². The summed E-state index contributed by atoms with van der Waals surface area (Å²) in [6.45, 7) is 7.26. The summed E-state index contributed by atoms with van der Waals surface area (Å²) >= 11 is 0. The van der Waals surface area contributed by atoms with Gasteiger partial charge in [0.15, 0.2) is 5.96 Å². The monoisotopic (exact) mass is 541 g/mol. The highest BCUT2D eigenvalue weighted by molar-refractivity contribution is 14.0. The Kier molecular flexibility index (Phi) is 8.58. The first kappa shape index (κ1) is 24.3. The number of rotatable bonds is 5. The Morgan fingerprint density at radius 2 is 2.16 bits per heavy atom. The summed E-state index contributed by atoms with van der Waals surface area (Å²) in [5.74, 6) is 0.794. The molecule has 3 aliphatic heterocycles. The maximum absolute atomic E-state index is 11.5. The van der Waals surface area contributed by atoms with Crippen LogP contribution >= 0.6 is 24.0 Å². The minimum absolute atomic E-state index is 0. The van der Waals surface area contributed by atoms with E-state index in [1.165, 1.54) is 17.5 Å².